The van der Waals surface area contributed by atoms with Gasteiger partial charge in [0.2, 0.25) is 5.91 Å². The first-order valence-electron chi connectivity index (χ1n) is 10.2. The molecule has 0 unspecified atom stereocenters. The molecule has 0 aliphatic rings. The number of aromatic nitrogens is 2. The number of anilines is 1. The predicted octanol–water partition coefficient (Wildman–Crippen LogP) is 4.35. The van der Waals surface area contributed by atoms with Gasteiger partial charge < -0.3 is 19.4 Å². The fourth-order valence-corrected chi connectivity index (χ4v) is 3.41. The number of amides is 1. The van der Waals surface area contributed by atoms with Crippen LogP contribution in [-0.4, -0.2) is 28.5 Å². The van der Waals surface area contributed by atoms with Gasteiger partial charge in [0.05, 0.1) is 29.4 Å². The minimum atomic E-state index is -0.513. The highest BCUT2D eigenvalue weighted by molar-refractivity contribution is 6.01. The van der Waals surface area contributed by atoms with E-state index in [-0.39, 0.29) is 19.1 Å². The van der Waals surface area contributed by atoms with Crippen LogP contribution >= 0.6 is 0 Å². The summed E-state index contributed by atoms with van der Waals surface area (Å²) in [6, 6.07) is 22.1. The molecule has 4 rings (SSSR count). The summed E-state index contributed by atoms with van der Waals surface area (Å²) in [6.07, 6.45) is 0. The number of esters is 1. The van der Waals surface area contributed by atoms with E-state index in [1.807, 2.05) is 60.0 Å². The van der Waals surface area contributed by atoms with Crippen molar-refractivity contribution in [3.63, 3.8) is 0 Å². The van der Waals surface area contributed by atoms with Crippen molar-refractivity contribution >= 4 is 28.6 Å². The monoisotopic (exact) mass is 429 g/mol. The molecule has 0 spiro atoms. The van der Waals surface area contributed by atoms with Crippen molar-refractivity contribution in [3.05, 3.63) is 89.7 Å². The molecule has 0 radical (unpaired) electrons. The number of hydrogen-bond donors (Lipinski definition) is 1. The lowest BCUT2D eigenvalue weighted by atomic mass is 10.2. The fraction of sp³-hybridized carbons (Fsp3) is 0.160. The number of fused-ring (bicyclic) bond motifs is 1. The Morgan fingerprint density at radius 2 is 1.69 bits per heavy atom. The molecular weight excluding hydrogens is 406 g/mol. The largest absolute Gasteiger partial charge is 0.486 e. The highest BCUT2D eigenvalue weighted by atomic mass is 16.5. The van der Waals surface area contributed by atoms with Crippen LogP contribution in [0.2, 0.25) is 0 Å². The predicted molar refractivity (Wildman–Crippen MR) is 122 cm³/mol. The van der Waals surface area contributed by atoms with Gasteiger partial charge in [-0.3, -0.25) is 4.79 Å². The standard InChI is InChI=1S/C25H23N3O4/c1-17-11-13-18(14-12-17)32-16-23-26-21-9-5-6-10-22(21)28(23)15-24(29)27-20-8-4-3-7-19(20)25(30)31-2/h3-14H,15-16H2,1-2H3,(H,27,29). The van der Waals surface area contributed by atoms with E-state index in [0.717, 1.165) is 22.3 Å². The summed E-state index contributed by atoms with van der Waals surface area (Å²) in [5.41, 5.74) is 3.44. The Morgan fingerprint density at radius 1 is 0.969 bits per heavy atom. The Labute approximate surface area is 185 Å². The first kappa shape index (κ1) is 21.1. The zero-order valence-corrected chi connectivity index (χ0v) is 17.9. The average Bonchev–Trinajstić information content (AvgIpc) is 3.15. The minimum Gasteiger partial charge on any atom is -0.486 e. The Bertz CT molecular complexity index is 1260. The normalized spacial score (nSPS) is 10.7. The van der Waals surface area contributed by atoms with Crippen LogP contribution in [0.3, 0.4) is 0 Å². The molecule has 1 amide bonds. The number of hydrogen-bond acceptors (Lipinski definition) is 5. The maximum atomic E-state index is 12.9. The summed E-state index contributed by atoms with van der Waals surface area (Å²) in [5.74, 6) is 0.552. The molecule has 1 aromatic heterocycles. The molecule has 7 nitrogen and oxygen atoms in total. The SMILES string of the molecule is COC(=O)c1ccccc1NC(=O)Cn1c(COc2ccc(C)cc2)nc2ccccc21. The van der Waals surface area contributed by atoms with Gasteiger partial charge in [0.25, 0.3) is 0 Å². The van der Waals surface area contributed by atoms with Gasteiger partial charge in [0.15, 0.2) is 0 Å². The second kappa shape index (κ2) is 9.34. The van der Waals surface area contributed by atoms with Crippen molar-refractivity contribution in [1.29, 1.82) is 0 Å². The van der Waals surface area contributed by atoms with Crippen LogP contribution in [0.25, 0.3) is 11.0 Å². The van der Waals surface area contributed by atoms with Crippen molar-refractivity contribution < 1.29 is 19.1 Å². The maximum absolute atomic E-state index is 12.9. The van der Waals surface area contributed by atoms with Gasteiger partial charge in [-0.15, -0.1) is 0 Å². The lowest BCUT2D eigenvalue weighted by Gasteiger charge is -2.13. The molecule has 7 heteroatoms. The molecule has 4 aromatic rings. The van der Waals surface area contributed by atoms with Crippen LogP contribution in [0.15, 0.2) is 72.8 Å². The summed E-state index contributed by atoms with van der Waals surface area (Å²) in [5, 5.41) is 2.81. The summed E-state index contributed by atoms with van der Waals surface area (Å²) in [6.45, 7) is 2.24. The zero-order chi connectivity index (χ0) is 22.5. The van der Waals surface area contributed by atoms with Gasteiger partial charge in [-0.05, 0) is 43.3 Å². The van der Waals surface area contributed by atoms with Crippen LogP contribution in [0.1, 0.15) is 21.7 Å². The molecule has 32 heavy (non-hydrogen) atoms. The van der Waals surface area contributed by atoms with Crippen LogP contribution < -0.4 is 10.1 Å². The Morgan fingerprint density at radius 3 is 2.47 bits per heavy atom. The van der Waals surface area contributed by atoms with E-state index in [9.17, 15) is 9.59 Å². The van der Waals surface area contributed by atoms with E-state index in [1.54, 1.807) is 24.3 Å². The molecule has 0 saturated carbocycles. The molecule has 0 atom stereocenters. The number of methoxy groups -OCH3 is 1. The zero-order valence-electron chi connectivity index (χ0n) is 17.9. The van der Waals surface area contributed by atoms with E-state index in [0.29, 0.717) is 17.1 Å². The third-order valence-electron chi connectivity index (χ3n) is 5.03. The van der Waals surface area contributed by atoms with Gasteiger partial charge in [-0.25, -0.2) is 9.78 Å². The number of carbonyl (C=O) groups excluding carboxylic acids is 2. The van der Waals surface area contributed by atoms with E-state index in [1.165, 1.54) is 7.11 Å². The van der Waals surface area contributed by atoms with Crippen LogP contribution in [0.4, 0.5) is 5.69 Å². The average molecular weight is 429 g/mol. The van der Waals surface area contributed by atoms with Crippen LogP contribution in [0.5, 0.6) is 5.75 Å². The van der Waals surface area contributed by atoms with Crippen molar-refractivity contribution in [2.75, 3.05) is 12.4 Å². The topological polar surface area (TPSA) is 82.5 Å². The van der Waals surface area contributed by atoms with Gasteiger partial charge in [0, 0.05) is 0 Å². The van der Waals surface area contributed by atoms with Crippen LogP contribution in [0, 0.1) is 6.92 Å². The minimum absolute atomic E-state index is 0.0165. The van der Waals surface area contributed by atoms with Crippen molar-refractivity contribution in [2.45, 2.75) is 20.1 Å². The summed E-state index contributed by atoms with van der Waals surface area (Å²) >= 11 is 0. The Hall–Kier alpha value is -4.13. The molecule has 3 aromatic carbocycles. The third kappa shape index (κ3) is 4.62. The third-order valence-corrected chi connectivity index (χ3v) is 5.03. The van der Waals surface area contributed by atoms with Gasteiger partial charge in [-0.2, -0.15) is 0 Å². The first-order valence-corrected chi connectivity index (χ1v) is 10.2. The molecule has 0 fully saturated rings. The van der Waals surface area contributed by atoms with Crippen molar-refractivity contribution in [1.82, 2.24) is 9.55 Å². The number of carbonyl (C=O) groups is 2. The smallest absolute Gasteiger partial charge is 0.339 e. The number of aryl methyl sites for hydroxylation is 1. The van der Waals surface area contributed by atoms with E-state index < -0.39 is 5.97 Å². The second-order valence-electron chi connectivity index (χ2n) is 7.29. The molecular formula is C25H23N3O4. The molecule has 1 heterocycles. The molecule has 162 valence electrons. The lowest BCUT2D eigenvalue weighted by Crippen LogP contribution is -2.22. The fourth-order valence-electron chi connectivity index (χ4n) is 3.41. The number of imidazole rings is 1. The summed E-state index contributed by atoms with van der Waals surface area (Å²) < 4.78 is 12.5. The van der Waals surface area contributed by atoms with Crippen molar-refractivity contribution in [3.8, 4) is 5.75 Å². The summed E-state index contributed by atoms with van der Waals surface area (Å²) in [7, 11) is 1.30. The molecule has 1 N–H and O–H groups in total. The molecule has 0 bridgehead atoms. The van der Waals surface area contributed by atoms with E-state index in [4.69, 9.17) is 9.47 Å². The number of nitrogens with one attached hydrogen (secondary N) is 1. The first-order chi connectivity index (χ1) is 15.5. The van der Waals surface area contributed by atoms with Gasteiger partial charge in [-0.1, -0.05) is 42.0 Å². The maximum Gasteiger partial charge on any atom is 0.339 e. The molecule has 0 aliphatic heterocycles. The highest BCUT2D eigenvalue weighted by Gasteiger charge is 2.17. The Balaban J connectivity index is 1.57. The lowest BCUT2D eigenvalue weighted by molar-refractivity contribution is -0.116. The molecule has 0 saturated heterocycles. The van der Waals surface area contributed by atoms with E-state index >= 15 is 0 Å². The quantitative estimate of drug-likeness (QED) is 0.442. The number of ether oxygens (including phenoxy) is 2. The second-order valence-corrected chi connectivity index (χ2v) is 7.29. The molecule has 0 aliphatic carbocycles. The van der Waals surface area contributed by atoms with Gasteiger partial charge in [0.1, 0.15) is 24.7 Å². The number of nitrogens with zero attached hydrogens (tertiary/aromatic N) is 2. The Kier molecular flexibility index (Phi) is 6.17. The summed E-state index contributed by atoms with van der Waals surface area (Å²) in [4.78, 5) is 29.5. The number of benzene rings is 3. The van der Waals surface area contributed by atoms with Crippen LogP contribution in [-0.2, 0) is 22.7 Å². The number of rotatable bonds is 7. The highest BCUT2D eigenvalue weighted by Crippen LogP contribution is 2.20. The van der Waals surface area contributed by atoms with Crippen molar-refractivity contribution in [2.24, 2.45) is 0 Å². The number of para-hydroxylation sites is 3. The van der Waals surface area contributed by atoms with Gasteiger partial charge >= 0.3 is 5.97 Å². The van der Waals surface area contributed by atoms with E-state index in [2.05, 4.69) is 10.3 Å².